The van der Waals surface area contributed by atoms with E-state index in [1.807, 2.05) is 36.4 Å². The highest BCUT2D eigenvalue weighted by atomic mass is 35.5. The van der Waals surface area contributed by atoms with Gasteiger partial charge in [0, 0.05) is 22.2 Å². The average Bonchev–Trinajstić information content (AvgIpc) is 2.20. The van der Waals surface area contributed by atoms with Gasteiger partial charge in [-0.15, -0.1) is 0 Å². The van der Waals surface area contributed by atoms with Crippen LogP contribution in [0.5, 0.6) is 0 Å². The van der Waals surface area contributed by atoms with Gasteiger partial charge in [-0.1, -0.05) is 59.6 Å². The number of hydrogen-bond donors (Lipinski definition) is 0. The molecule has 14 heavy (non-hydrogen) atoms. The Labute approximate surface area is 93.1 Å². The first kappa shape index (κ1) is 9.57. The fourth-order valence-corrected chi connectivity index (χ4v) is 1.77. The van der Waals surface area contributed by atoms with Gasteiger partial charge in [0.2, 0.25) is 0 Å². The van der Waals surface area contributed by atoms with E-state index in [4.69, 9.17) is 23.2 Å². The molecule has 0 heterocycles. The highest BCUT2D eigenvalue weighted by Gasteiger charge is 2.05. The summed E-state index contributed by atoms with van der Waals surface area (Å²) < 4.78 is 0. The predicted molar refractivity (Wildman–Crippen MR) is 60.7 cm³/mol. The molecule has 0 unspecified atom stereocenters. The Morgan fingerprint density at radius 3 is 2.29 bits per heavy atom. The van der Waals surface area contributed by atoms with E-state index in [2.05, 4.69) is 6.07 Å². The fraction of sp³-hybridized carbons (Fsp3) is 0. The van der Waals surface area contributed by atoms with E-state index < -0.39 is 0 Å². The largest absolute Gasteiger partial charge is 0.0837 e. The molecule has 2 aromatic carbocycles. The van der Waals surface area contributed by atoms with Gasteiger partial charge < -0.3 is 0 Å². The van der Waals surface area contributed by atoms with Gasteiger partial charge in [0.25, 0.3) is 0 Å². The summed E-state index contributed by atoms with van der Waals surface area (Å²) in [5, 5.41) is 1.30. The quantitative estimate of drug-likeness (QED) is 0.668. The molecule has 2 aromatic rings. The molecule has 0 saturated heterocycles. The molecule has 0 aliphatic carbocycles. The topological polar surface area (TPSA) is 0 Å². The van der Waals surface area contributed by atoms with Crippen molar-refractivity contribution in [1.82, 2.24) is 0 Å². The molecule has 0 bridgehead atoms. The van der Waals surface area contributed by atoms with Crippen molar-refractivity contribution in [1.29, 1.82) is 0 Å². The van der Waals surface area contributed by atoms with Gasteiger partial charge >= 0.3 is 0 Å². The molecule has 0 fully saturated rings. The Bertz CT molecular complexity index is 406. The van der Waals surface area contributed by atoms with Crippen molar-refractivity contribution in [2.45, 2.75) is 0 Å². The van der Waals surface area contributed by atoms with Crippen LogP contribution in [0.15, 0.2) is 42.5 Å². The Balaban J connectivity index is 2.61. The summed E-state index contributed by atoms with van der Waals surface area (Å²) in [6.45, 7) is 0. The van der Waals surface area contributed by atoms with Gasteiger partial charge in [-0.3, -0.25) is 0 Å². The minimum Gasteiger partial charge on any atom is -0.0837 e. The SMILES string of the molecule is Clc1[c]cccc1-c1ccccc1Cl. The van der Waals surface area contributed by atoms with Crippen molar-refractivity contribution >= 4 is 23.2 Å². The van der Waals surface area contributed by atoms with Crippen molar-refractivity contribution in [2.24, 2.45) is 0 Å². The number of halogens is 2. The zero-order valence-corrected chi connectivity index (χ0v) is 8.81. The summed E-state index contributed by atoms with van der Waals surface area (Å²) in [6.07, 6.45) is 0. The second-order valence-corrected chi connectivity index (χ2v) is 3.66. The molecule has 0 aliphatic heterocycles. The zero-order valence-electron chi connectivity index (χ0n) is 7.30. The maximum Gasteiger partial charge on any atom is 0.0563 e. The van der Waals surface area contributed by atoms with E-state index >= 15 is 0 Å². The Morgan fingerprint density at radius 2 is 1.57 bits per heavy atom. The van der Waals surface area contributed by atoms with Gasteiger partial charge in [0.05, 0.1) is 5.02 Å². The summed E-state index contributed by atoms with van der Waals surface area (Å²) in [7, 11) is 0. The average molecular weight is 222 g/mol. The third-order valence-electron chi connectivity index (χ3n) is 1.97. The lowest BCUT2D eigenvalue weighted by Gasteiger charge is -2.05. The molecule has 0 N–H and O–H groups in total. The Hall–Kier alpha value is -0.980. The number of benzene rings is 2. The van der Waals surface area contributed by atoms with Crippen LogP contribution in [0, 0.1) is 6.07 Å². The monoisotopic (exact) mass is 221 g/mol. The number of hydrogen-bond acceptors (Lipinski definition) is 0. The lowest BCUT2D eigenvalue weighted by atomic mass is 10.1. The molecular formula is C12H7Cl2. The van der Waals surface area contributed by atoms with E-state index in [1.165, 1.54) is 0 Å². The first-order chi connectivity index (χ1) is 6.79. The van der Waals surface area contributed by atoms with Crippen LogP contribution in [0.2, 0.25) is 10.0 Å². The van der Waals surface area contributed by atoms with Crippen LogP contribution >= 0.6 is 23.2 Å². The number of rotatable bonds is 1. The molecule has 2 rings (SSSR count). The zero-order chi connectivity index (χ0) is 9.97. The minimum absolute atomic E-state index is 0.598. The fourth-order valence-electron chi connectivity index (χ4n) is 1.30. The van der Waals surface area contributed by atoms with Gasteiger partial charge in [-0.05, 0) is 6.07 Å². The van der Waals surface area contributed by atoms with E-state index in [0.29, 0.717) is 10.0 Å². The van der Waals surface area contributed by atoms with Crippen molar-refractivity contribution in [3.8, 4) is 11.1 Å². The summed E-state index contributed by atoms with van der Waals surface area (Å²) in [6, 6.07) is 16.2. The van der Waals surface area contributed by atoms with E-state index in [9.17, 15) is 0 Å². The molecule has 0 nitrogen and oxygen atoms in total. The third-order valence-corrected chi connectivity index (χ3v) is 2.61. The maximum atomic E-state index is 6.06. The van der Waals surface area contributed by atoms with Gasteiger partial charge in [0.15, 0.2) is 0 Å². The highest BCUT2D eigenvalue weighted by molar-refractivity contribution is 6.36. The lowest BCUT2D eigenvalue weighted by Crippen LogP contribution is -1.80. The summed E-state index contributed by atoms with van der Waals surface area (Å²) in [5.74, 6) is 0. The van der Waals surface area contributed by atoms with E-state index in [0.717, 1.165) is 11.1 Å². The summed E-state index contributed by atoms with van der Waals surface area (Å²) >= 11 is 12.1. The molecule has 0 aliphatic rings. The van der Waals surface area contributed by atoms with E-state index in [1.54, 1.807) is 6.07 Å². The standard InChI is InChI=1S/C12H7Cl2/c13-11-7-3-1-5-9(11)10-6-2-4-8-12(10)14/h1-7H. The maximum absolute atomic E-state index is 6.06. The minimum atomic E-state index is 0.598. The van der Waals surface area contributed by atoms with Crippen molar-refractivity contribution in [3.05, 3.63) is 58.6 Å². The van der Waals surface area contributed by atoms with Gasteiger partial charge in [-0.2, -0.15) is 0 Å². The smallest absolute Gasteiger partial charge is 0.0563 e. The first-order valence-corrected chi connectivity index (χ1v) is 4.96. The normalized spacial score (nSPS) is 10.1. The summed E-state index contributed by atoms with van der Waals surface area (Å²) in [4.78, 5) is 0. The summed E-state index contributed by atoms with van der Waals surface area (Å²) in [5.41, 5.74) is 1.86. The molecule has 0 aromatic heterocycles. The third kappa shape index (κ3) is 1.77. The lowest BCUT2D eigenvalue weighted by molar-refractivity contribution is 1.61. The Kier molecular flexibility index (Phi) is 2.76. The first-order valence-electron chi connectivity index (χ1n) is 4.20. The van der Waals surface area contributed by atoms with Gasteiger partial charge in [-0.25, -0.2) is 0 Å². The van der Waals surface area contributed by atoms with Crippen LogP contribution in [0.1, 0.15) is 0 Å². The molecule has 0 atom stereocenters. The van der Waals surface area contributed by atoms with Crippen LogP contribution < -0.4 is 0 Å². The molecular weight excluding hydrogens is 215 g/mol. The predicted octanol–water partition coefficient (Wildman–Crippen LogP) is 4.46. The molecule has 0 saturated carbocycles. The molecule has 2 heteroatoms. The molecule has 0 amide bonds. The second-order valence-electron chi connectivity index (χ2n) is 2.88. The van der Waals surface area contributed by atoms with Crippen molar-refractivity contribution in [3.63, 3.8) is 0 Å². The second kappa shape index (κ2) is 4.04. The molecule has 1 radical (unpaired) electrons. The molecule has 0 spiro atoms. The Morgan fingerprint density at radius 1 is 0.857 bits per heavy atom. The van der Waals surface area contributed by atoms with Crippen molar-refractivity contribution in [2.75, 3.05) is 0 Å². The molecule has 69 valence electrons. The van der Waals surface area contributed by atoms with Crippen LogP contribution in [-0.2, 0) is 0 Å². The van der Waals surface area contributed by atoms with Gasteiger partial charge in [0.1, 0.15) is 0 Å². The highest BCUT2D eigenvalue weighted by Crippen LogP contribution is 2.32. The van der Waals surface area contributed by atoms with Crippen LogP contribution in [0.4, 0.5) is 0 Å². The van der Waals surface area contributed by atoms with Crippen molar-refractivity contribution < 1.29 is 0 Å². The van der Waals surface area contributed by atoms with Crippen LogP contribution in [-0.4, -0.2) is 0 Å². The van der Waals surface area contributed by atoms with Crippen LogP contribution in [0.25, 0.3) is 11.1 Å². The van der Waals surface area contributed by atoms with E-state index in [-0.39, 0.29) is 0 Å². The van der Waals surface area contributed by atoms with Crippen LogP contribution in [0.3, 0.4) is 0 Å².